The maximum absolute atomic E-state index is 11.7. The highest BCUT2D eigenvalue weighted by Crippen LogP contribution is 2.28. The predicted molar refractivity (Wildman–Crippen MR) is 54.9 cm³/mol. The molecule has 1 aliphatic rings. The van der Waals surface area contributed by atoms with Crippen LogP contribution in [-0.4, -0.2) is 28.8 Å². The highest BCUT2D eigenvalue weighted by atomic mass is 35.5. The molecule has 1 rings (SSSR count). The zero-order valence-electron chi connectivity index (χ0n) is 8.59. The van der Waals surface area contributed by atoms with Crippen molar-refractivity contribution in [3.63, 3.8) is 0 Å². The summed E-state index contributed by atoms with van der Waals surface area (Å²) >= 11 is 5.79. The molecule has 1 atom stereocenters. The second-order valence-corrected chi connectivity index (χ2v) is 4.89. The van der Waals surface area contributed by atoms with Crippen LogP contribution < -0.4 is 0 Å². The Morgan fingerprint density at radius 3 is 2.31 bits per heavy atom. The van der Waals surface area contributed by atoms with E-state index in [0.717, 1.165) is 19.4 Å². The van der Waals surface area contributed by atoms with Crippen molar-refractivity contribution < 1.29 is 4.79 Å². The Balaban J connectivity index is 2.51. The number of rotatable bonds is 4. The van der Waals surface area contributed by atoms with E-state index in [-0.39, 0.29) is 11.3 Å². The summed E-state index contributed by atoms with van der Waals surface area (Å²) in [5.41, 5.74) is 0. The minimum atomic E-state index is -0.376. The number of alkyl halides is 1. The van der Waals surface area contributed by atoms with Gasteiger partial charge in [-0.3, -0.25) is 4.79 Å². The van der Waals surface area contributed by atoms with Crippen molar-refractivity contribution in [1.29, 1.82) is 0 Å². The van der Waals surface area contributed by atoms with Gasteiger partial charge >= 0.3 is 0 Å². The molecule has 0 saturated heterocycles. The molecular formula is C10H18ClNO. The van der Waals surface area contributed by atoms with E-state index in [1.807, 2.05) is 4.90 Å². The molecule has 3 heteroatoms. The molecule has 1 amide bonds. The van der Waals surface area contributed by atoms with Crippen molar-refractivity contribution in [1.82, 2.24) is 4.90 Å². The molecule has 1 fully saturated rings. The van der Waals surface area contributed by atoms with E-state index in [4.69, 9.17) is 11.6 Å². The fraction of sp³-hybridized carbons (Fsp3) is 0.900. The Hall–Kier alpha value is -0.240. The molecule has 13 heavy (non-hydrogen) atoms. The summed E-state index contributed by atoms with van der Waals surface area (Å²) in [5.74, 6) is 0.623. The minimum absolute atomic E-state index is 0.0952. The lowest BCUT2D eigenvalue weighted by atomic mass is 10.2. The van der Waals surface area contributed by atoms with Crippen molar-refractivity contribution in [2.24, 2.45) is 5.92 Å². The van der Waals surface area contributed by atoms with Crippen molar-refractivity contribution >= 4 is 17.5 Å². The van der Waals surface area contributed by atoms with E-state index < -0.39 is 0 Å². The highest BCUT2D eigenvalue weighted by molar-refractivity contribution is 6.30. The molecule has 1 aliphatic carbocycles. The molecule has 0 aromatic carbocycles. The molecule has 76 valence electrons. The molecule has 0 aliphatic heterocycles. The number of hydrogen-bond donors (Lipinski definition) is 0. The van der Waals surface area contributed by atoms with Gasteiger partial charge in [-0.2, -0.15) is 0 Å². The molecule has 2 nitrogen and oxygen atoms in total. The minimum Gasteiger partial charge on any atom is -0.338 e. The first-order valence-electron chi connectivity index (χ1n) is 4.97. The number of carbonyl (C=O) groups excluding carboxylic acids is 1. The van der Waals surface area contributed by atoms with Gasteiger partial charge in [0.1, 0.15) is 5.38 Å². The lowest BCUT2D eigenvalue weighted by Crippen LogP contribution is -2.39. The van der Waals surface area contributed by atoms with Gasteiger partial charge in [0.25, 0.3) is 0 Å². The Morgan fingerprint density at radius 1 is 1.46 bits per heavy atom. The van der Waals surface area contributed by atoms with Crippen LogP contribution in [0.2, 0.25) is 0 Å². The molecule has 0 bridgehead atoms. The van der Waals surface area contributed by atoms with Crippen LogP contribution in [0.5, 0.6) is 0 Å². The number of hydrogen-bond acceptors (Lipinski definition) is 1. The van der Waals surface area contributed by atoms with E-state index in [1.165, 1.54) is 0 Å². The van der Waals surface area contributed by atoms with Gasteiger partial charge < -0.3 is 4.90 Å². The van der Waals surface area contributed by atoms with Gasteiger partial charge in [-0.1, -0.05) is 13.8 Å². The topological polar surface area (TPSA) is 20.3 Å². The van der Waals surface area contributed by atoms with Gasteiger partial charge in [-0.05, 0) is 25.7 Å². The first-order valence-corrected chi connectivity index (χ1v) is 5.40. The Bertz CT molecular complexity index is 187. The average Bonchev–Trinajstić information content (AvgIpc) is 2.80. The Kier molecular flexibility index (Phi) is 3.60. The summed E-state index contributed by atoms with van der Waals surface area (Å²) in [6, 6.07) is 0.482. The number of nitrogens with zero attached hydrogens (tertiary/aromatic N) is 1. The van der Waals surface area contributed by atoms with Gasteiger partial charge in [-0.15, -0.1) is 11.6 Å². The van der Waals surface area contributed by atoms with Gasteiger partial charge in [0.2, 0.25) is 5.91 Å². The Morgan fingerprint density at radius 2 is 2.00 bits per heavy atom. The fourth-order valence-corrected chi connectivity index (χ4v) is 1.55. The summed E-state index contributed by atoms with van der Waals surface area (Å²) in [7, 11) is 0. The van der Waals surface area contributed by atoms with Gasteiger partial charge in [0.05, 0.1) is 0 Å². The first-order chi connectivity index (χ1) is 6.02. The van der Waals surface area contributed by atoms with Crippen LogP contribution in [-0.2, 0) is 4.79 Å². The van der Waals surface area contributed by atoms with E-state index >= 15 is 0 Å². The smallest absolute Gasteiger partial charge is 0.240 e. The first kappa shape index (κ1) is 10.8. The monoisotopic (exact) mass is 203 g/mol. The third kappa shape index (κ3) is 3.18. The van der Waals surface area contributed by atoms with Gasteiger partial charge in [0, 0.05) is 12.6 Å². The second kappa shape index (κ2) is 4.32. The molecule has 1 unspecified atom stereocenters. The predicted octanol–water partition coefficient (Wildman–Crippen LogP) is 2.26. The lowest BCUT2D eigenvalue weighted by molar-refractivity contribution is -0.131. The maximum Gasteiger partial charge on any atom is 0.240 e. The van der Waals surface area contributed by atoms with Gasteiger partial charge in [0.15, 0.2) is 0 Å². The zero-order valence-corrected chi connectivity index (χ0v) is 9.34. The van der Waals surface area contributed by atoms with Crippen molar-refractivity contribution in [2.45, 2.75) is 45.0 Å². The molecular weight excluding hydrogens is 186 g/mol. The van der Waals surface area contributed by atoms with Crippen LogP contribution in [0.3, 0.4) is 0 Å². The molecule has 0 N–H and O–H groups in total. The molecule has 0 heterocycles. The Labute approximate surface area is 85.2 Å². The molecule has 0 aromatic heterocycles. The van der Waals surface area contributed by atoms with Crippen molar-refractivity contribution in [3.05, 3.63) is 0 Å². The maximum atomic E-state index is 11.7. The summed E-state index contributed by atoms with van der Waals surface area (Å²) in [6.07, 6.45) is 2.31. The lowest BCUT2D eigenvalue weighted by Gasteiger charge is -2.25. The number of halogens is 1. The normalized spacial score (nSPS) is 18.8. The van der Waals surface area contributed by atoms with Crippen molar-refractivity contribution in [2.75, 3.05) is 6.54 Å². The van der Waals surface area contributed by atoms with E-state index in [0.29, 0.717) is 12.0 Å². The highest BCUT2D eigenvalue weighted by Gasteiger charge is 2.34. The number of carbonyl (C=O) groups is 1. The molecule has 0 radical (unpaired) electrons. The summed E-state index contributed by atoms with van der Waals surface area (Å²) < 4.78 is 0. The van der Waals surface area contributed by atoms with Crippen LogP contribution in [0.15, 0.2) is 0 Å². The summed E-state index contributed by atoms with van der Waals surface area (Å²) in [5, 5.41) is -0.376. The van der Waals surface area contributed by atoms with Crippen molar-refractivity contribution in [3.8, 4) is 0 Å². The van der Waals surface area contributed by atoms with Gasteiger partial charge in [-0.25, -0.2) is 0 Å². The van der Waals surface area contributed by atoms with Crippen LogP contribution in [0.4, 0.5) is 0 Å². The molecule has 0 spiro atoms. The van der Waals surface area contributed by atoms with E-state index in [9.17, 15) is 4.79 Å². The second-order valence-electron chi connectivity index (χ2n) is 4.23. The van der Waals surface area contributed by atoms with Crippen LogP contribution >= 0.6 is 11.6 Å². The SMILES string of the molecule is CC(C)CN(C(=O)C(C)Cl)C1CC1. The quantitative estimate of drug-likeness (QED) is 0.642. The standard InChI is InChI=1S/C10H18ClNO/c1-7(2)6-12(9-4-5-9)10(13)8(3)11/h7-9H,4-6H2,1-3H3. The summed E-state index contributed by atoms with van der Waals surface area (Å²) in [6.45, 7) is 6.85. The average molecular weight is 204 g/mol. The van der Waals surface area contributed by atoms with Crippen LogP contribution in [0.1, 0.15) is 33.6 Å². The number of amides is 1. The molecule has 0 aromatic rings. The molecule has 1 saturated carbocycles. The fourth-order valence-electron chi connectivity index (χ4n) is 1.43. The van der Waals surface area contributed by atoms with Crippen LogP contribution in [0, 0.1) is 5.92 Å². The largest absolute Gasteiger partial charge is 0.338 e. The van der Waals surface area contributed by atoms with E-state index in [1.54, 1.807) is 6.92 Å². The van der Waals surface area contributed by atoms with Crippen LogP contribution in [0.25, 0.3) is 0 Å². The summed E-state index contributed by atoms with van der Waals surface area (Å²) in [4.78, 5) is 13.6. The third-order valence-corrected chi connectivity index (χ3v) is 2.36. The third-order valence-electron chi connectivity index (χ3n) is 2.17. The van der Waals surface area contributed by atoms with E-state index in [2.05, 4.69) is 13.8 Å². The zero-order chi connectivity index (χ0) is 10.0.